The van der Waals surface area contributed by atoms with Crippen LogP contribution in [0.1, 0.15) is 46.3 Å². The molecule has 6 heteroatoms. The maximum atomic E-state index is 11.8. The van der Waals surface area contributed by atoms with Gasteiger partial charge in [-0.05, 0) is 24.1 Å². The Hall–Kier alpha value is -2.63. The molecule has 0 radical (unpaired) electrons. The van der Waals surface area contributed by atoms with Crippen molar-refractivity contribution in [2.45, 2.75) is 19.8 Å². The van der Waals surface area contributed by atoms with E-state index in [1.165, 1.54) is 0 Å². The lowest BCUT2D eigenvalue weighted by atomic mass is 10.1. The van der Waals surface area contributed by atoms with Gasteiger partial charge < -0.3 is 10.1 Å². The van der Waals surface area contributed by atoms with Crippen molar-refractivity contribution in [3.05, 3.63) is 53.3 Å². The summed E-state index contributed by atoms with van der Waals surface area (Å²) in [4.78, 5) is 23.5. The van der Waals surface area contributed by atoms with Crippen LogP contribution in [0.3, 0.4) is 0 Å². The van der Waals surface area contributed by atoms with Crippen LogP contribution in [0.2, 0.25) is 0 Å². The van der Waals surface area contributed by atoms with Crippen LogP contribution in [0.4, 0.5) is 0 Å². The molecule has 2 rings (SSSR count). The van der Waals surface area contributed by atoms with Crippen LogP contribution in [-0.2, 0) is 4.74 Å². The molecular weight excluding hydrogens is 282 g/mol. The molecule has 0 bridgehead atoms. The molecule has 0 spiro atoms. The molecule has 2 N–H and O–H groups in total. The standard InChI is InChI=1S/C16H19N3O3/c1-11(2)13-10-14(19-18-13)16(21)22-9-8-17-15(20)12-6-4-3-5-7-12/h3-7,10-11H,8-9H2,1-2H3,(H,17,20)(H,18,19). The summed E-state index contributed by atoms with van der Waals surface area (Å²) in [5.41, 5.74) is 1.70. The Morgan fingerprint density at radius 1 is 1.27 bits per heavy atom. The van der Waals surface area contributed by atoms with Gasteiger partial charge in [-0.3, -0.25) is 9.89 Å². The average Bonchev–Trinajstić information content (AvgIpc) is 3.02. The van der Waals surface area contributed by atoms with Gasteiger partial charge in [-0.1, -0.05) is 32.0 Å². The third kappa shape index (κ3) is 4.18. The van der Waals surface area contributed by atoms with Crippen molar-refractivity contribution in [3.63, 3.8) is 0 Å². The largest absolute Gasteiger partial charge is 0.459 e. The minimum Gasteiger partial charge on any atom is -0.459 e. The zero-order valence-corrected chi connectivity index (χ0v) is 12.6. The van der Waals surface area contributed by atoms with Gasteiger partial charge in [0.15, 0.2) is 5.69 Å². The first-order valence-electron chi connectivity index (χ1n) is 7.13. The number of aromatic nitrogens is 2. The summed E-state index contributed by atoms with van der Waals surface area (Å²) in [6, 6.07) is 10.5. The molecule has 0 saturated heterocycles. The van der Waals surface area contributed by atoms with E-state index in [1.54, 1.807) is 30.3 Å². The van der Waals surface area contributed by atoms with E-state index in [1.807, 2.05) is 19.9 Å². The van der Waals surface area contributed by atoms with Crippen molar-refractivity contribution in [2.75, 3.05) is 13.2 Å². The Labute approximate surface area is 128 Å². The Kier molecular flexibility index (Phi) is 5.30. The second-order valence-corrected chi connectivity index (χ2v) is 5.12. The fourth-order valence-corrected chi connectivity index (χ4v) is 1.81. The zero-order chi connectivity index (χ0) is 15.9. The predicted molar refractivity (Wildman–Crippen MR) is 81.7 cm³/mol. The summed E-state index contributed by atoms with van der Waals surface area (Å²) in [5.74, 6) is -0.435. The lowest BCUT2D eigenvalue weighted by Gasteiger charge is -2.05. The van der Waals surface area contributed by atoms with Crippen molar-refractivity contribution in [3.8, 4) is 0 Å². The van der Waals surface area contributed by atoms with E-state index >= 15 is 0 Å². The number of amides is 1. The third-order valence-corrected chi connectivity index (χ3v) is 3.09. The Balaban J connectivity index is 1.74. The number of H-pyrrole nitrogens is 1. The fraction of sp³-hybridized carbons (Fsp3) is 0.312. The number of hydrogen-bond donors (Lipinski definition) is 2. The molecule has 116 valence electrons. The number of rotatable bonds is 6. The quantitative estimate of drug-likeness (QED) is 0.632. The molecule has 0 saturated carbocycles. The van der Waals surface area contributed by atoms with Crippen molar-refractivity contribution in [1.29, 1.82) is 0 Å². The number of benzene rings is 1. The second-order valence-electron chi connectivity index (χ2n) is 5.12. The van der Waals surface area contributed by atoms with E-state index in [0.29, 0.717) is 5.56 Å². The van der Waals surface area contributed by atoms with E-state index in [0.717, 1.165) is 5.69 Å². The van der Waals surface area contributed by atoms with Gasteiger partial charge >= 0.3 is 5.97 Å². The van der Waals surface area contributed by atoms with Gasteiger partial charge in [-0.25, -0.2) is 4.79 Å². The SMILES string of the molecule is CC(C)c1cc(C(=O)OCCNC(=O)c2ccccc2)n[nH]1. The highest BCUT2D eigenvalue weighted by molar-refractivity contribution is 5.94. The number of ether oxygens (including phenoxy) is 1. The van der Waals surface area contributed by atoms with Gasteiger partial charge in [-0.15, -0.1) is 0 Å². The van der Waals surface area contributed by atoms with Crippen LogP contribution >= 0.6 is 0 Å². The maximum Gasteiger partial charge on any atom is 0.358 e. The van der Waals surface area contributed by atoms with Gasteiger partial charge in [0.25, 0.3) is 5.91 Å². The highest BCUT2D eigenvalue weighted by Crippen LogP contribution is 2.12. The van der Waals surface area contributed by atoms with Gasteiger partial charge in [0.2, 0.25) is 0 Å². The van der Waals surface area contributed by atoms with Gasteiger partial charge in [0, 0.05) is 11.3 Å². The number of carbonyl (C=O) groups excluding carboxylic acids is 2. The highest BCUT2D eigenvalue weighted by atomic mass is 16.5. The van der Waals surface area contributed by atoms with Crippen LogP contribution in [-0.4, -0.2) is 35.2 Å². The molecule has 2 aromatic rings. The summed E-state index contributed by atoms with van der Waals surface area (Å²) >= 11 is 0. The number of aromatic amines is 1. The van der Waals surface area contributed by atoms with E-state index in [-0.39, 0.29) is 30.7 Å². The number of nitrogens with one attached hydrogen (secondary N) is 2. The molecule has 0 atom stereocenters. The Morgan fingerprint density at radius 2 is 2.00 bits per heavy atom. The topological polar surface area (TPSA) is 84.1 Å². The summed E-state index contributed by atoms with van der Waals surface area (Å²) in [6.07, 6.45) is 0. The fourth-order valence-electron chi connectivity index (χ4n) is 1.81. The van der Waals surface area contributed by atoms with Crippen LogP contribution in [0.25, 0.3) is 0 Å². The van der Waals surface area contributed by atoms with Crippen molar-refractivity contribution < 1.29 is 14.3 Å². The summed E-state index contributed by atoms with van der Waals surface area (Å²) < 4.78 is 5.07. The molecule has 1 heterocycles. The van der Waals surface area contributed by atoms with Gasteiger partial charge in [0.05, 0.1) is 6.54 Å². The number of hydrogen-bond acceptors (Lipinski definition) is 4. The van der Waals surface area contributed by atoms with Crippen molar-refractivity contribution in [2.24, 2.45) is 0 Å². The molecule has 22 heavy (non-hydrogen) atoms. The third-order valence-electron chi connectivity index (χ3n) is 3.09. The monoisotopic (exact) mass is 301 g/mol. The number of carbonyl (C=O) groups is 2. The Bertz CT molecular complexity index is 635. The molecule has 0 aliphatic rings. The maximum absolute atomic E-state index is 11.8. The highest BCUT2D eigenvalue weighted by Gasteiger charge is 2.13. The van der Waals surface area contributed by atoms with Crippen LogP contribution < -0.4 is 5.32 Å². The van der Waals surface area contributed by atoms with Crippen molar-refractivity contribution >= 4 is 11.9 Å². The normalized spacial score (nSPS) is 10.5. The zero-order valence-electron chi connectivity index (χ0n) is 12.6. The second kappa shape index (κ2) is 7.40. The number of esters is 1. The lowest BCUT2D eigenvalue weighted by Crippen LogP contribution is -2.28. The summed E-state index contributed by atoms with van der Waals surface area (Å²) in [5, 5.41) is 9.39. The summed E-state index contributed by atoms with van der Waals surface area (Å²) in [7, 11) is 0. The van der Waals surface area contributed by atoms with Gasteiger partial charge in [0.1, 0.15) is 6.61 Å². The first-order chi connectivity index (χ1) is 10.6. The van der Waals surface area contributed by atoms with Crippen LogP contribution in [0, 0.1) is 0 Å². The minimum absolute atomic E-state index is 0.0985. The molecule has 1 aromatic carbocycles. The first kappa shape index (κ1) is 15.8. The van der Waals surface area contributed by atoms with E-state index in [9.17, 15) is 9.59 Å². The molecule has 0 fully saturated rings. The molecule has 0 aliphatic carbocycles. The van der Waals surface area contributed by atoms with E-state index in [4.69, 9.17) is 4.74 Å². The molecule has 0 aliphatic heterocycles. The minimum atomic E-state index is -0.503. The Morgan fingerprint density at radius 3 is 2.64 bits per heavy atom. The number of nitrogens with zero attached hydrogens (tertiary/aromatic N) is 1. The van der Waals surface area contributed by atoms with Crippen LogP contribution in [0.5, 0.6) is 0 Å². The van der Waals surface area contributed by atoms with Crippen molar-refractivity contribution in [1.82, 2.24) is 15.5 Å². The molecule has 6 nitrogen and oxygen atoms in total. The average molecular weight is 301 g/mol. The van der Waals surface area contributed by atoms with E-state index < -0.39 is 5.97 Å². The predicted octanol–water partition coefficient (Wildman–Crippen LogP) is 2.12. The molecular formula is C16H19N3O3. The lowest BCUT2D eigenvalue weighted by molar-refractivity contribution is 0.0496. The van der Waals surface area contributed by atoms with E-state index in [2.05, 4.69) is 15.5 Å². The summed E-state index contributed by atoms with van der Waals surface area (Å²) in [6.45, 7) is 4.35. The van der Waals surface area contributed by atoms with Gasteiger partial charge in [-0.2, -0.15) is 5.10 Å². The van der Waals surface area contributed by atoms with Crippen LogP contribution in [0.15, 0.2) is 36.4 Å². The molecule has 1 aromatic heterocycles. The first-order valence-corrected chi connectivity index (χ1v) is 7.13. The molecule has 0 unspecified atom stereocenters. The smallest absolute Gasteiger partial charge is 0.358 e. The molecule has 1 amide bonds.